The van der Waals surface area contributed by atoms with Crippen LogP contribution < -0.4 is 4.74 Å². The molecule has 0 unspecified atom stereocenters. The molecule has 0 saturated carbocycles. The standard InChI is InChI=1S/C16H15FO4/c1-20-14-5-2-11(3-6-14)9-21-10-12-8-13(17)4-7-15(12)16(18)19/h2-8H,9-10H2,1H3,(H,18,19). The highest BCUT2D eigenvalue weighted by Gasteiger charge is 2.11. The third-order valence-corrected chi connectivity index (χ3v) is 2.98. The van der Waals surface area contributed by atoms with Crippen LogP contribution in [0.4, 0.5) is 4.39 Å². The Kier molecular flexibility index (Phi) is 4.90. The van der Waals surface area contributed by atoms with E-state index in [0.29, 0.717) is 12.2 Å². The second-order valence-electron chi connectivity index (χ2n) is 4.45. The number of carboxylic acids is 1. The molecule has 5 heteroatoms. The van der Waals surface area contributed by atoms with Crippen LogP contribution in [-0.4, -0.2) is 18.2 Å². The van der Waals surface area contributed by atoms with Gasteiger partial charge in [-0.05, 0) is 41.5 Å². The molecule has 0 aliphatic carbocycles. The van der Waals surface area contributed by atoms with Crippen molar-refractivity contribution >= 4 is 5.97 Å². The molecule has 0 radical (unpaired) electrons. The molecule has 0 aliphatic rings. The van der Waals surface area contributed by atoms with E-state index in [1.165, 1.54) is 12.1 Å². The van der Waals surface area contributed by atoms with Crippen LogP contribution in [0.3, 0.4) is 0 Å². The smallest absolute Gasteiger partial charge is 0.336 e. The summed E-state index contributed by atoms with van der Waals surface area (Å²) in [5.41, 5.74) is 1.28. The van der Waals surface area contributed by atoms with Crippen LogP contribution in [0.5, 0.6) is 5.75 Å². The van der Waals surface area contributed by atoms with Crippen molar-refractivity contribution in [3.8, 4) is 5.75 Å². The van der Waals surface area contributed by atoms with Crippen LogP contribution in [0.2, 0.25) is 0 Å². The minimum absolute atomic E-state index is 0.0332. The number of halogens is 1. The number of carboxylic acid groups (broad SMARTS) is 1. The van der Waals surface area contributed by atoms with Gasteiger partial charge in [-0.15, -0.1) is 0 Å². The lowest BCUT2D eigenvalue weighted by atomic mass is 10.1. The molecule has 0 spiro atoms. The maximum Gasteiger partial charge on any atom is 0.336 e. The summed E-state index contributed by atoms with van der Waals surface area (Å²) in [4.78, 5) is 11.0. The van der Waals surface area contributed by atoms with Gasteiger partial charge in [-0.3, -0.25) is 0 Å². The molecule has 2 aromatic carbocycles. The highest BCUT2D eigenvalue weighted by molar-refractivity contribution is 5.89. The fraction of sp³-hybridized carbons (Fsp3) is 0.188. The van der Waals surface area contributed by atoms with E-state index in [-0.39, 0.29) is 12.2 Å². The molecule has 2 rings (SSSR count). The van der Waals surface area contributed by atoms with Crippen molar-refractivity contribution in [1.29, 1.82) is 0 Å². The second-order valence-corrected chi connectivity index (χ2v) is 4.45. The Balaban J connectivity index is 1.99. The predicted octanol–water partition coefficient (Wildman–Crippen LogP) is 3.25. The van der Waals surface area contributed by atoms with Crippen LogP contribution in [0.25, 0.3) is 0 Å². The molecule has 0 aliphatic heterocycles. The molecular formula is C16H15FO4. The van der Waals surface area contributed by atoms with Gasteiger partial charge in [0.2, 0.25) is 0 Å². The van der Waals surface area contributed by atoms with E-state index in [1.807, 2.05) is 24.3 Å². The summed E-state index contributed by atoms with van der Waals surface area (Å²) in [6, 6.07) is 10.9. The van der Waals surface area contributed by atoms with E-state index >= 15 is 0 Å². The summed E-state index contributed by atoms with van der Waals surface area (Å²) >= 11 is 0. The lowest BCUT2D eigenvalue weighted by Crippen LogP contribution is -2.05. The van der Waals surface area contributed by atoms with Gasteiger partial charge in [-0.1, -0.05) is 12.1 Å². The minimum atomic E-state index is -1.10. The third-order valence-electron chi connectivity index (χ3n) is 2.98. The summed E-state index contributed by atoms with van der Waals surface area (Å²) in [6.07, 6.45) is 0. The molecule has 2 aromatic rings. The molecule has 0 amide bonds. The Bertz CT molecular complexity index is 623. The van der Waals surface area contributed by atoms with Crippen molar-refractivity contribution in [2.24, 2.45) is 0 Å². The SMILES string of the molecule is COc1ccc(COCc2cc(F)ccc2C(=O)O)cc1. The van der Waals surface area contributed by atoms with Gasteiger partial charge < -0.3 is 14.6 Å². The summed E-state index contributed by atoms with van der Waals surface area (Å²) in [5, 5.41) is 9.04. The zero-order valence-corrected chi connectivity index (χ0v) is 11.5. The maximum absolute atomic E-state index is 13.2. The maximum atomic E-state index is 13.2. The van der Waals surface area contributed by atoms with Crippen molar-refractivity contribution in [2.45, 2.75) is 13.2 Å². The Hall–Kier alpha value is -2.40. The first-order valence-corrected chi connectivity index (χ1v) is 6.32. The van der Waals surface area contributed by atoms with E-state index in [9.17, 15) is 9.18 Å². The van der Waals surface area contributed by atoms with Gasteiger partial charge in [0.25, 0.3) is 0 Å². The van der Waals surface area contributed by atoms with Crippen molar-refractivity contribution in [2.75, 3.05) is 7.11 Å². The monoisotopic (exact) mass is 290 g/mol. The van der Waals surface area contributed by atoms with E-state index < -0.39 is 11.8 Å². The van der Waals surface area contributed by atoms with Crippen LogP contribution in [0, 0.1) is 5.82 Å². The third kappa shape index (κ3) is 4.03. The average Bonchev–Trinajstić information content (AvgIpc) is 2.48. The van der Waals surface area contributed by atoms with Gasteiger partial charge in [-0.25, -0.2) is 9.18 Å². The summed E-state index contributed by atoms with van der Waals surface area (Å²) in [7, 11) is 1.59. The zero-order valence-electron chi connectivity index (χ0n) is 11.5. The fourth-order valence-electron chi connectivity index (χ4n) is 1.89. The van der Waals surface area contributed by atoms with Gasteiger partial charge in [0.15, 0.2) is 0 Å². The zero-order chi connectivity index (χ0) is 15.2. The van der Waals surface area contributed by atoms with Crippen molar-refractivity contribution in [1.82, 2.24) is 0 Å². The van der Waals surface area contributed by atoms with Gasteiger partial charge in [0, 0.05) is 0 Å². The Morgan fingerprint density at radius 2 is 1.86 bits per heavy atom. The quantitative estimate of drug-likeness (QED) is 0.887. The highest BCUT2D eigenvalue weighted by Crippen LogP contribution is 2.15. The number of hydrogen-bond acceptors (Lipinski definition) is 3. The number of carbonyl (C=O) groups is 1. The molecule has 1 N–H and O–H groups in total. The largest absolute Gasteiger partial charge is 0.497 e. The molecule has 0 bridgehead atoms. The topological polar surface area (TPSA) is 55.8 Å². The van der Waals surface area contributed by atoms with Crippen molar-refractivity contribution in [3.05, 3.63) is 65.0 Å². The number of hydrogen-bond donors (Lipinski definition) is 1. The molecule has 0 saturated heterocycles. The summed E-state index contributed by atoms with van der Waals surface area (Å²) < 4.78 is 23.7. The molecular weight excluding hydrogens is 275 g/mol. The molecule has 0 heterocycles. The first-order chi connectivity index (χ1) is 10.1. The molecule has 0 fully saturated rings. The van der Waals surface area contributed by atoms with Gasteiger partial charge in [0.05, 0.1) is 25.9 Å². The van der Waals surface area contributed by atoms with Gasteiger partial charge in [-0.2, -0.15) is 0 Å². The first-order valence-electron chi connectivity index (χ1n) is 6.32. The summed E-state index contributed by atoms with van der Waals surface area (Å²) in [5.74, 6) is -0.835. The van der Waals surface area contributed by atoms with Gasteiger partial charge in [0.1, 0.15) is 11.6 Å². The van der Waals surface area contributed by atoms with Crippen LogP contribution in [0.1, 0.15) is 21.5 Å². The second kappa shape index (κ2) is 6.85. The molecule has 0 aromatic heterocycles. The first kappa shape index (κ1) is 15.0. The number of aromatic carboxylic acids is 1. The molecule has 110 valence electrons. The lowest BCUT2D eigenvalue weighted by molar-refractivity contribution is 0.0684. The van der Waals surface area contributed by atoms with E-state index in [4.69, 9.17) is 14.6 Å². The average molecular weight is 290 g/mol. The van der Waals surface area contributed by atoms with E-state index in [1.54, 1.807) is 7.11 Å². The van der Waals surface area contributed by atoms with Crippen LogP contribution in [0.15, 0.2) is 42.5 Å². The Morgan fingerprint density at radius 3 is 2.48 bits per heavy atom. The van der Waals surface area contributed by atoms with Gasteiger partial charge >= 0.3 is 5.97 Å². The molecule has 21 heavy (non-hydrogen) atoms. The molecule has 0 atom stereocenters. The summed E-state index contributed by atoms with van der Waals surface area (Å²) in [6.45, 7) is 0.338. The highest BCUT2D eigenvalue weighted by atomic mass is 19.1. The van der Waals surface area contributed by atoms with Crippen molar-refractivity contribution < 1.29 is 23.8 Å². The van der Waals surface area contributed by atoms with Crippen LogP contribution >= 0.6 is 0 Å². The predicted molar refractivity (Wildman–Crippen MR) is 74.8 cm³/mol. The lowest BCUT2D eigenvalue weighted by Gasteiger charge is -2.08. The number of ether oxygens (including phenoxy) is 2. The number of methoxy groups -OCH3 is 1. The molecule has 4 nitrogen and oxygen atoms in total. The van der Waals surface area contributed by atoms with Crippen molar-refractivity contribution in [3.63, 3.8) is 0 Å². The number of benzene rings is 2. The van der Waals surface area contributed by atoms with E-state index in [0.717, 1.165) is 17.4 Å². The number of rotatable bonds is 6. The van der Waals surface area contributed by atoms with E-state index in [2.05, 4.69) is 0 Å². The Morgan fingerprint density at radius 1 is 1.14 bits per heavy atom. The minimum Gasteiger partial charge on any atom is -0.497 e. The van der Waals surface area contributed by atoms with Crippen LogP contribution in [-0.2, 0) is 18.0 Å². The Labute approximate surface area is 121 Å². The fourth-order valence-corrected chi connectivity index (χ4v) is 1.89. The normalized spacial score (nSPS) is 10.4.